The van der Waals surface area contributed by atoms with Crippen molar-refractivity contribution in [1.82, 2.24) is 4.57 Å². The predicted octanol–water partition coefficient (Wildman–Crippen LogP) is 5.18. The number of aromatic nitrogens is 2. The van der Waals surface area contributed by atoms with Gasteiger partial charge in [0.1, 0.15) is 0 Å². The molecule has 0 atom stereocenters. The maximum Gasteiger partial charge on any atom is 0.173 e. The molecule has 0 saturated heterocycles. The fourth-order valence-corrected chi connectivity index (χ4v) is 3.85. The second kappa shape index (κ2) is 6.73. The standard InChI is InChI=1S/C25H21N2/c1-2-8-20(9-3-1)18-26-16-14-21(15-17-26)19-27-24-12-6-4-10-22(24)23-11-5-7-13-25(23)27/h1-17H,18-19H2/q+1. The average Bonchev–Trinajstić information content (AvgIpc) is 3.04. The van der Waals surface area contributed by atoms with Crippen molar-refractivity contribution in [1.29, 1.82) is 0 Å². The van der Waals surface area contributed by atoms with Crippen molar-refractivity contribution in [2.24, 2.45) is 0 Å². The molecule has 0 spiro atoms. The van der Waals surface area contributed by atoms with E-state index in [2.05, 4.69) is 113 Å². The van der Waals surface area contributed by atoms with Crippen LogP contribution in [0.3, 0.4) is 0 Å². The average molecular weight is 349 g/mol. The van der Waals surface area contributed by atoms with Gasteiger partial charge in [0.05, 0.1) is 0 Å². The highest BCUT2D eigenvalue weighted by Gasteiger charge is 2.10. The lowest BCUT2D eigenvalue weighted by molar-refractivity contribution is -0.688. The lowest BCUT2D eigenvalue weighted by Gasteiger charge is -2.07. The van der Waals surface area contributed by atoms with Crippen LogP contribution in [0.1, 0.15) is 11.1 Å². The van der Waals surface area contributed by atoms with E-state index in [1.807, 2.05) is 0 Å². The Bertz CT molecular complexity index is 1150. The largest absolute Gasteiger partial charge is 0.336 e. The Hall–Kier alpha value is -3.39. The summed E-state index contributed by atoms with van der Waals surface area (Å²) in [4.78, 5) is 0. The smallest absolute Gasteiger partial charge is 0.173 e. The van der Waals surface area contributed by atoms with Gasteiger partial charge in [-0.25, -0.2) is 4.57 Å². The van der Waals surface area contributed by atoms with Gasteiger partial charge in [-0.2, -0.15) is 0 Å². The number of fused-ring (bicyclic) bond motifs is 3. The third-order valence-corrected chi connectivity index (χ3v) is 5.19. The molecule has 0 radical (unpaired) electrons. The molecule has 2 aromatic heterocycles. The van der Waals surface area contributed by atoms with Gasteiger partial charge >= 0.3 is 0 Å². The molecule has 0 aliphatic rings. The minimum Gasteiger partial charge on any atom is -0.336 e. The Morgan fingerprint density at radius 1 is 0.556 bits per heavy atom. The van der Waals surface area contributed by atoms with E-state index in [4.69, 9.17) is 0 Å². The van der Waals surface area contributed by atoms with Crippen molar-refractivity contribution in [3.63, 3.8) is 0 Å². The minimum absolute atomic E-state index is 0.875. The number of para-hydroxylation sites is 2. The van der Waals surface area contributed by atoms with Gasteiger partial charge in [0.25, 0.3) is 0 Å². The molecule has 2 heterocycles. The van der Waals surface area contributed by atoms with Crippen molar-refractivity contribution in [3.8, 4) is 0 Å². The number of benzene rings is 3. The van der Waals surface area contributed by atoms with Crippen LogP contribution in [-0.4, -0.2) is 4.57 Å². The molecule has 0 amide bonds. The van der Waals surface area contributed by atoms with E-state index in [1.165, 1.54) is 32.9 Å². The Morgan fingerprint density at radius 3 is 1.74 bits per heavy atom. The first-order valence-corrected chi connectivity index (χ1v) is 9.36. The summed E-state index contributed by atoms with van der Waals surface area (Å²) in [6, 6.07) is 32.4. The molecule has 0 N–H and O–H groups in total. The Balaban J connectivity index is 1.48. The van der Waals surface area contributed by atoms with E-state index < -0.39 is 0 Å². The fraction of sp³-hybridized carbons (Fsp3) is 0.0800. The lowest BCUT2D eigenvalue weighted by atomic mass is 10.2. The van der Waals surface area contributed by atoms with Gasteiger partial charge in [-0.05, 0) is 17.7 Å². The number of hydrogen-bond acceptors (Lipinski definition) is 0. The van der Waals surface area contributed by atoms with Crippen LogP contribution >= 0.6 is 0 Å². The molecule has 0 aliphatic carbocycles. The number of pyridine rings is 1. The predicted molar refractivity (Wildman–Crippen MR) is 111 cm³/mol. The summed E-state index contributed by atoms with van der Waals surface area (Å²) in [6.45, 7) is 1.77. The number of nitrogens with zero attached hydrogens (tertiary/aromatic N) is 2. The Labute approximate surface area is 158 Å². The van der Waals surface area contributed by atoms with E-state index >= 15 is 0 Å². The molecule has 2 nitrogen and oxygen atoms in total. The molecule has 2 heteroatoms. The maximum absolute atomic E-state index is 2.42. The van der Waals surface area contributed by atoms with Crippen LogP contribution in [0.15, 0.2) is 103 Å². The summed E-state index contributed by atoms with van der Waals surface area (Å²) in [5, 5.41) is 2.64. The van der Waals surface area contributed by atoms with Crippen molar-refractivity contribution in [3.05, 3.63) is 115 Å². The Kier molecular flexibility index (Phi) is 3.95. The lowest BCUT2D eigenvalue weighted by Crippen LogP contribution is -2.33. The summed E-state index contributed by atoms with van der Waals surface area (Å²) in [6.07, 6.45) is 4.35. The third-order valence-electron chi connectivity index (χ3n) is 5.19. The van der Waals surface area contributed by atoms with Crippen molar-refractivity contribution in [2.75, 3.05) is 0 Å². The second-order valence-electron chi connectivity index (χ2n) is 6.98. The summed E-state index contributed by atoms with van der Waals surface area (Å²) in [5.74, 6) is 0. The molecular weight excluding hydrogens is 328 g/mol. The summed E-state index contributed by atoms with van der Waals surface area (Å²) in [7, 11) is 0. The first kappa shape index (κ1) is 15.8. The van der Waals surface area contributed by atoms with Gasteiger partial charge in [-0.15, -0.1) is 0 Å². The SMILES string of the molecule is c1ccc(C[n+]2ccc(Cn3c4ccccc4c4ccccc43)cc2)cc1. The van der Waals surface area contributed by atoms with Crippen LogP contribution in [0.25, 0.3) is 21.8 Å². The van der Waals surface area contributed by atoms with E-state index in [0.717, 1.165) is 13.1 Å². The zero-order valence-corrected chi connectivity index (χ0v) is 15.1. The topological polar surface area (TPSA) is 8.81 Å². The Morgan fingerprint density at radius 2 is 1.11 bits per heavy atom. The first-order chi connectivity index (χ1) is 13.4. The minimum atomic E-state index is 0.875. The van der Waals surface area contributed by atoms with Gasteiger partial charge in [0.15, 0.2) is 18.9 Å². The highest BCUT2D eigenvalue weighted by atomic mass is 15.0. The zero-order chi connectivity index (χ0) is 18.1. The van der Waals surface area contributed by atoms with Crippen LogP contribution in [0.4, 0.5) is 0 Å². The van der Waals surface area contributed by atoms with Crippen LogP contribution in [-0.2, 0) is 13.1 Å². The van der Waals surface area contributed by atoms with Gasteiger partial charge in [0, 0.05) is 46.0 Å². The van der Waals surface area contributed by atoms with Gasteiger partial charge in [0.2, 0.25) is 0 Å². The normalized spacial score (nSPS) is 11.3. The zero-order valence-electron chi connectivity index (χ0n) is 15.1. The first-order valence-electron chi connectivity index (χ1n) is 9.36. The fourth-order valence-electron chi connectivity index (χ4n) is 3.85. The summed E-state index contributed by atoms with van der Waals surface area (Å²) in [5.41, 5.74) is 5.21. The van der Waals surface area contributed by atoms with E-state index in [-0.39, 0.29) is 0 Å². The van der Waals surface area contributed by atoms with Crippen LogP contribution in [0.2, 0.25) is 0 Å². The molecule has 0 saturated carbocycles. The van der Waals surface area contributed by atoms with Crippen molar-refractivity contribution < 1.29 is 4.57 Å². The monoisotopic (exact) mass is 349 g/mol. The van der Waals surface area contributed by atoms with Gasteiger partial charge < -0.3 is 4.57 Å². The number of hydrogen-bond donors (Lipinski definition) is 0. The molecule has 0 fully saturated rings. The van der Waals surface area contributed by atoms with Gasteiger partial charge in [-0.1, -0.05) is 66.7 Å². The molecule has 5 rings (SSSR count). The third kappa shape index (κ3) is 3.00. The number of rotatable bonds is 4. The van der Waals surface area contributed by atoms with Gasteiger partial charge in [-0.3, -0.25) is 0 Å². The van der Waals surface area contributed by atoms with E-state index in [9.17, 15) is 0 Å². The van der Waals surface area contributed by atoms with E-state index in [1.54, 1.807) is 0 Å². The highest BCUT2D eigenvalue weighted by Crippen LogP contribution is 2.29. The summed E-state index contributed by atoms with van der Waals surface area (Å²) >= 11 is 0. The van der Waals surface area contributed by atoms with Crippen molar-refractivity contribution in [2.45, 2.75) is 13.1 Å². The molecule has 5 aromatic rings. The molecular formula is C25H21N2+. The molecule has 3 aromatic carbocycles. The molecule has 27 heavy (non-hydrogen) atoms. The van der Waals surface area contributed by atoms with E-state index in [0.29, 0.717) is 0 Å². The molecule has 0 unspecified atom stereocenters. The maximum atomic E-state index is 2.42. The van der Waals surface area contributed by atoms with Crippen LogP contribution < -0.4 is 4.57 Å². The second-order valence-corrected chi connectivity index (χ2v) is 6.98. The molecule has 0 aliphatic heterocycles. The highest BCUT2D eigenvalue weighted by molar-refractivity contribution is 6.08. The summed E-state index contributed by atoms with van der Waals surface area (Å²) < 4.78 is 4.65. The van der Waals surface area contributed by atoms with Crippen LogP contribution in [0, 0.1) is 0 Å². The quantitative estimate of drug-likeness (QED) is 0.395. The van der Waals surface area contributed by atoms with Crippen LogP contribution in [0.5, 0.6) is 0 Å². The van der Waals surface area contributed by atoms with Crippen molar-refractivity contribution >= 4 is 21.8 Å². The molecule has 0 bridgehead atoms. The molecule has 130 valence electrons.